The predicted octanol–water partition coefficient (Wildman–Crippen LogP) is 4.41. The van der Waals surface area contributed by atoms with Crippen LogP contribution >= 0.6 is 23.8 Å². The van der Waals surface area contributed by atoms with Gasteiger partial charge in [-0.1, -0.05) is 24.9 Å². The van der Waals surface area contributed by atoms with E-state index in [-0.39, 0.29) is 6.61 Å². The topological polar surface area (TPSA) is 31.4 Å². The van der Waals surface area contributed by atoms with Crippen LogP contribution in [0.2, 0.25) is 5.02 Å². The number of hydrogen-bond donors (Lipinski definition) is 0. The highest BCUT2D eigenvalue weighted by atomic mass is 35.5. The van der Waals surface area contributed by atoms with Crippen molar-refractivity contribution in [2.45, 2.75) is 19.8 Å². The number of benzene rings is 1. The monoisotopic (exact) mass is 309 g/mol. The molecule has 0 fully saturated rings. The van der Waals surface area contributed by atoms with Gasteiger partial charge in [-0.3, -0.25) is 4.98 Å². The molecule has 0 aliphatic carbocycles. The van der Waals surface area contributed by atoms with Gasteiger partial charge in [0.15, 0.2) is 11.7 Å². The van der Waals surface area contributed by atoms with Crippen LogP contribution in [-0.2, 0) is 4.74 Å². The summed E-state index contributed by atoms with van der Waals surface area (Å²) in [5, 5.41) is 1.98. The molecule has 106 valence electrons. The first-order valence-corrected chi connectivity index (χ1v) is 7.32. The summed E-state index contributed by atoms with van der Waals surface area (Å²) in [4.78, 5) is 4.30. The largest absolute Gasteiger partial charge is 0.484 e. The van der Waals surface area contributed by atoms with Crippen LogP contribution in [0, 0.1) is 0 Å². The molecule has 0 bridgehead atoms. The van der Waals surface area contributed by atoms with Crippen molar-refractivity contribution in [2.75, 3.05) is 13.2 Å². The molecule has 2 aromatic rings. The summed E-state index contributed by atoms with van der Waals surface area (Å²) < 4.78 is 11.1. The molecular formula is C15H16ClNO2S. The molecule has 0 unspecified atom stereocenters. The normalized spacial score (nSPS) is 10.5. The number of thiocarbonyl (C=S) groups is 1. The van der Waals surface area contributed by atoms with E-state index in [1.54, 1.807) is 18.3 Å². The number of halogens is 1. The second kappa shape index (κ2) is 7.41. The summed E-state index contributed by atoms with van der Waals surface area (Å²) >= 11 is 11.3. The Balaban J connectivity index is 2.03. The molecule has 0 saturated carbocycles. The zero-order valence-electron chi connectivity index (χ0n) is 11.3. The molecule has 1 heterocycles. The second-order valence-corrected chi connectivity index (χ2v) is 5.17. The Kier molecular flexibility index (Phi) is 5.56. The summed E-state index contributed by atoms with van der Waals surface area (Å²) in [5.41, 5.74) is 0.733. The standard InChI is InChI=1S/C15H16ClNO2S/c1-2-3-9-18-14(20)10-19-13-7-6-12(16)11-5-4-8-17-15(11)13/h4-8H,2-3,9-10H2,1H3. The van der Waals surface area contributed by atoms with Crippen molar-refractivity contribution in [3.05, 3.63) is 35.5 Å². The van der Waals surface area contributed by atoms with Crippen molar-refractivity contribution in [3.63, 3.8) is 0 Å². The average molecular weight is 310 g/mol. The van der Waals surface area contributed by atoms with Crippen molar-refractivity contribution < 1.29 is 9.47 Å². The van der Waals surface area contributed by atoms with Crippen LogP contribution in [-0.4, -0.2) is 23.2 Å². The summed E-state index contributed by atoms with van der Waals surface area (Å²) in [6.45, 7) is 2.99. The van der Waals surface area contributed by atoms with Crippen molar-refractivity contribution in [1.29, 1.82) is 0 Å². The molecule has 0 aliphatic rings. The van der Waals surface area contributed by atoms with Gasteiger partial charge in [-0.2, -0.15) is 0 Å². The molecule has 1 aromatic heterocycles. The number of rotatable bonds is 6. The van der Waals surface area contributed by atoms with Gasteiger partial charge in [-0.05, 0) is 42.9 Å². The molecule has 2 rings (SSSR count). The maximum absolute atomic E-state index is 6.13. The second-order valence-electron chi connectivity index (χ2n) is 4.31. The Morgan fingerprint density at radius 2 is 2.20 bits per heavy atom. The van der Waals surface area contributed by atoms with E-state index in [1.165, 1.54) is 0 Å². The summed E-state index contributed by atoms with van der Waals surface area (Å²) in [6.07, 6.45) is 3.78. The van der Waals surface area contributed by atoms with Gasteiger partial charge in [0.25, 0.3) is 0 Å². The quantitative estimate of drug-likeness (QED) is 0.584. The Labute approximate surface area is 128 Å². The predicted molar refractivity (Wildman–Crippen MR) is 85.7 cm³/mol. The van der Waals surface area contributed by atoms with E-state index in [0.29, 0.717) is 22.4 Å². The van der Waals surface area contributed by atoms with E-state index < -0.39 is 0 Å². The van der Waals surface area contributed by atoms with Crippen LogP contribution in [0.3, 0.4) is 0 Å². The lowest BCUT2D eigenvalue weighted by molar-refractivity contribution is 0.267. The molecule has 0 aliphatic heterocycles. The van der Waals surface area contributed by atoms with Gasteiger partial charge in [0.05, 0.1) is 11.6 Å². The van der Waals surface area contributed by atoms with Crippen molar-refractivity contribution in [3.8, 4) is 5.75 Å². The maximum Gasteiger partial charge on any atom is 0.197 e. The zero-order chi connectivity index (χ0) is 14.4. The first-order valence-electron chi connectivity index (χ1n) is 6.54. The molecule has 1 aromatic carbocycles. The molecule has 0 spiro atoms. The van der Waals surface area contributed by atoms with Crippen LogP contribution in [0.25, 0.3) is 10.9 Å². The number of ether oxygens (including phenoxy) is 2. The minimum absolute atomic E-state index is 0.242. The highest BCUT2D eigenvalue weighted by molar-refractivity contribution is 7.80. The van der Waals surface area contributed by atoms with E-state index in [9.17, 15) is 0 Å². The third kappa shape index (κ3) is 3.81. The Morgan fingerprint density at radius 3 is 3.00 bits per heavy atom. The van der Waals surface area contributed by atoms with Crippen LogP contribution in [0.5, 0.6) is 5.75 Å². The fourth-order valence-corrected chi connectivity index (χ4v) is 2.09. The average Bonchev–Trinajstić information content (AvgIpc) is 2.47. The van der Waals surface area contributed by atoms with E-state index in [0.717, 1.165) is 23.7 Å². The third-order valence-corrected chi connectivity index (χ3v) is 3.35. The summed E-state index contributed by atoms with van der Waals surface area (Å²) in [6, 6.07) is 7.35. The van der Waals surface area contributed by atoms with Crippen LogP contribution in [0.4, 0.5) is 0 Å². The highest BCUT2D eigenvalue weighted by Gasteiger charge is 2.08. The number of unbranched alkanes of at least 4 members (excludes halogenated alkanes) is 1. The number of hydrogen-bond acceptors (Lipinski definition) is 4. The van der Waals surface area contributed by atoms with E-state index in [1.807, 2.05) is 12.1 Å². The van der Waals surface area contributed by atoms with Crippen LogP contribution in [0.1, 0.15) is 19.8 Å². The van der Waals surface area contributed by atoms with Gasteiger partial charge in [0, 0.05) is 11.6 Å². The van der Waals surface area contributed by atoms with Crippen molar-refractivity contribution >= 4 is 39.8 Å². The molecule has 20 heavy (non-hydrogen) atoms. The van der Waals surface area contributed by atoms with Gasteiger partial charge < -0.3 is 9.47 Å². The van der Waals surface area contributed by atoms with Gasteiger partial charge in [0.2, 0.25) is 0 Å². The van der Waals surface area contributed by atoms with Crippen molar-refractivity contribution in [1.82, 2.24) is 4.98 Å². The van der Waals surface area contributed by atoms with Gasteiger partial charge >= 0.3 is 0 Å². The van der Waals surface area contributed by atoms with E-state index in [2.05, 4.69) is 11.9 Å². The third-order valence-electron chi connectivity index (χ3n) is 2.79. The van der Waals surface area contributed by atoms with Crippen LogP contribution < -0.4 is 4.74 Å². The zero-order valence-corrected chi connectivity index (χ0v) is 12.8. The molecule has 0 saturated heterocycles. The van der Waals surface area contributed by atoms with Crippen LogP contribution in [0.15, 0.2) is 30.5 Å². The van der Waals surface area contributed by atoms with Gasteiger partial charge in [-0.15, -0.1) is 0 Å². The smallest absolute Gasteiger partial charge is 0.197 e. The SMILES string of the molecule is CCCCOC(=S)COc1ccc(Cl)c2cccnc12. The fraction of sp³-hybridized carbons (Fsp3) is 0.333. The first-order chi connectivity index (χ1) is 9.72. The molecule has 0 radical (unpaired) electrons. The maximum atomic E-state index is 6.13. The van der Waals surface area contributed by atoms with E-state index in [4.69, 9.17) is 33.3 Å². The lowest BCUT2D eigenvalue weighted by Crippen LogP contribution is -2.13. The minimum atomic E-state index is 0.242. The highest BCUT2D eigenvalue weighted by Crippen LogP contribution is 2.29. The molecule has 5 heteroatoms. The molecule has 0 N–H and O–H groups in total. The van der Waals surface area contributed by atoms with Gasteiger partial charge in [0.1, 0.15) is 11.3 Å². The fourth-order valence-electron chi connectivity index (χ4n) is 1.74. The molecular weight excluding hydrogens is 294 g/mol. The molecule has 3 nitrogen and oxygen atoms in total. The lowest BCUT2D eigenvalue weighted by atomic mass is 10.2. The number of nitrogens with zero attached hydrogens (tertiary/aromatic N) is 1. The summed E-state index contributed by atoms with van der Waals surface area (Å²) in [5.74, 6) is 0.659. The molecule has 0 amide bonds. The Hall–Kier alpha value is -1.39. The molecule has 0 atom stereocenters. The number of pyridine rings is 1. The Bertz CT molecular complexity index is 603. The van der Waals surface area contributed by atoms with E-state index >= 15 is 0 Å². The number of aromatic nitrogens is 1. The Morgan fingerprint density at radius 1 is 1.35 bits per heavy atom. The number of fused-ring (bicyclic) bond motifs is 1. The van der Waals surface area contributed by atoms with Gasteiger partial charge in [-0.25, -0.2) is 0 Å². The first kappa shape index (κ1) is 15.0. The lowest BCUT2D eigenvalue weighted by Gasteiger charge is -2.11. The minimum Gasteiger partial charge on any atom is -0.484 e. The summed E-state index contributed by atoms with van der Waals surface area (Å²) in [7, 11) is 0. The van der Waals surface area contributed by atoms with Crippen molar-refractivity contribution in [2.24, 2.45) is 0 Å².